The minimum absolute atomic E-state index is 0. The van der Waals surface area contributed by atoms with Crippen molar-refractivity contribution in [2.75, 3.05) is 0 Å². The van der Waals surface area contributed by atoms with Gasteiger partial charge in [-0.2, -0.15) is 0 Å². The van der Waals surface area contributed by atoms with Crippen molar-refractivity contribution < 1.29 is 4.42 Å². The van der Waals surface area contributed by atoms with Crippen molar-refractivity contribution in [1.29, 1.82) is 0 Å². The van der Waals surface area contributed by atoms with Gasteiger partial charge in [-0.3, -0.25) is 0 Å². The summed E-state index contributed by atoms with van der Waals surface area (Å²) in [5.41, 5.74) is 5.57. The molecule has 0 saturated heterocycles. The molecule has 11 heavy (non-hydrogen) atoms. The number of hydrogen-bond acceptors (Lipinski definition) is 2. The molecule has 0 saturated carbocycles. The lowest BCUT2D eigenvalue weighted by Crippen LogP contribution is -2.04. The Balaban J connectivity index is 0.000001000. The maximum Gasteiger partial charge on any atom is 0.169 e. The molecule has 4 heteroatoms. The molecular weight excluding hydrogens is 229 g/mol. The van der Waals surface area contributed by atoms with E-state index in [0.717, 1.165) is 5.76 Å². The second-order valence-corrected chi connectivity index (χ2v) is 2.68. The maximum absolute atomic E-state index is 5.57. The zero-order chi connectivity index (χ0) is 7.56. The summed E-state index contributed by atoms with van der Waals surface area (Å²) < 4.78 is 5.85. The lowest BCUT2D eigenvalue weighted by molar-refractivity contribution is 0.474. The van der Waals surface area contributed by atoms with Gasteiger partial charge in [-0.1, -0.05) is 6.08 Å². The first-order valence-electron chi connectivity index (χ1n) is 2.87. The standard InChI is InChI=1S/C7H8BrNO.ClH/c1-2-5(9)6-3-4-7(8)10-6;/h2-5H,1,9H2;1H/t5-;/m0./s1. The Labute approximate surface area is 80.0 Å². The maximum atomic E-state index is 5.57. The largest absolute Gasteiger partial charge is 0.452 e. The van der Waals surface area contributed by atoms with E-state index >= 15 is 0 Å². The molecule has 0 aromatic carbocycles. The molecule has 2 nitrogen and oxygen atoms in total. The van der Waals surface area contributed by atoms with Gasteiger partial charge in [0.05, 0.1) is 6.04 Å². The minimum atomic E-state index is -0.203. The van der Waals surface area contributed by atoms with Gasteiger partial charge in [0.25, 0.3) is 0 Å². The van der Waals surface area contributed by atoms with E-state index < -0.39 is 0 Å². The van der Waals surface area contributed by atoms with Crippen LogP contribution in [0.1, 0.15) is 11.8 Å². The molecule has 0 radical (unpaired) electrons. The van der Waals surface area contributed by atoms with Gasteiger partial charge in [-0.15, -0.1) is 19.0 Å². The van der Waals surface area contributed by atoms with Crippen LogP contribution in [0, 0.1) is 0 Å². The average molecular weight is 239 g/mol. The first-order valence-corrected chi connectivity index (χ1v) is 3.66. The van der Waals surface area contributed by atoms with Crippen LogP contribution >= 0.6 is 28.3 Å². The van der Waals surface area contributed by atoms with Crippen LogP contribution in [0.25, 0.3) is 0 Å². The zero-order valence-electron chi connectivity index (χ0n) is 5.79. The Morgan fingerprint density at radius 3 is 2.64 bits per heavy atom. The van der Waals surface area contributed by atoms with Gasteiger partial charge in [-0.25, -0.2) is 0 Å². The normalized spacial score (nSPS) is 11.8. The van der Waals surface area contributed by atoms with Crippen molar-refractivity contribution in [2.24, 2.45) is 5.73 Å². The van der Waals surface area contributed by atoms with E-state index in [9.17, 15) is 0 Å². The predicted molar refractivity (Wildman–Crippen MR) is 50.8 cm³/mol. The Hall–Kier alpha value is -0.250. The van der Waals surface area contributed by atoms with Gasteiger partial charge < -0.3 is 10.2 Å². The van der Waals surface area contributed by atoms with Crippen LogP contribution in [0.15, 0.2) is 33.9 Å². The molecule has 1 aromatic rings. The highest BCUT2D eigenvalue weighted by Crippen LogP contribution is 2.18. The van der Waals surface area contributed by atoms with Crippen molar-refractivity contribution in [2.45, 2.75) is 6.04 Å². The highest BCUT2D eigenvalue weighted by atomic mass is 79.9. The Kier molecular flexibility index (Phi) is 4.49. The van der Waals surface area contributed by atoms with Crippen LogP contribution in [-0.4, -0.2) is 0 Å². The van der Waals surface area contributed by atoms with Crippen LogP contribution in [0.5, 0.6) is 0 Å². The fourth-order valence-corrected chi connectivity index (χ4v) is 0.943. The van der Waals surface area contributed by atoms with Crippen molar-refractivity contribution >= 4 is 28.3 Å². The van der Waals surface area contributed by atoms with E-state index in [-0.39, 0.29) is 18.4 Å². The Bertz CT molecular complexity index is 236. The van der Waals surface area contributed by atoms with E-state index in [0.29, 0.717) is 4.67 Å². The van der Waals surface area contributed by atoms with Crippen LogP contribution in [0.3, 0.4) is 0 Å². The predicted octanol–water partition coefficient (Wildman–Crippen LogP) is 2.65. The van der Waals surface area contributed by atoms with Crippen molar-refractivity contribution in [3.8, 4) is 0 Å². The summed E-state index contributed by atoms with van der Waals surface area (Å²) in [6.07, 6.45) is 1.63. The molecule has 0 amide bonds. The van der Waals surface area contributed by atoms with Crippen molar-refractivity contribution in [3.05, 3.63) is 35.2 Å². The smallest absolute Gasteiger partial charge is 0.169 e. The fraction of sp³-hybridized carbons (Fsp3) is 0.143. The number of rotatable bonds is 2. The lowest BCUT2D eigenvalue weighted by Gasteiger charge is -1.98. The summed E-state index contributed by atoms with van der Waals surface area (Å²) in [4.78, 5) is 0. The van der Waals surface area contributed by atoms with Crippen LogP contribution in [0.4, 0.5) is 0 Å². The van der Waals surface area contributed by atoms with Gasteiger partial charge >= 0.3 is 0 Å². The molecule has 0 aliphatic rings. The topological polar surface area (TPSA) is 39.2 Å². The monoisotopic (exact) mass is 237 g/mol. The molecule has 0 bridgehead atoms. The third-order valence-electron chi connectivity index (χ3n) is 1.18. The molecule has 1 rings (SSSR count). The molecule has 1 aromatic heterocycles. The van der Waals surface area contributed by atoms with E-state index in [1.165, 1.54) is 0 Å². The summed E-state index contributed by atoms with van der Waals surface area (Å²) in [6.45, 7) is 3.55. The summed E-state index contributed by atoms with van der Waals surface area (Å²) in [7, 11) is 0. The summed E-state index contributed by atoms with van der Waals surface area (Å²) in [5.74, 6) is 0.724. The third kappa shape index (κ3) is 2.69. The molecule has 0 aliphatic carbocycles. The number of hydrogen-bond donors (Lipinski definition) is 1. The van der Waals surface area contributed by atoms with Gasteiger partial charge in [0, 0.05) is 0 Å². The van der Waals surface area contributed by atoms with Crippen LogP contribution < -0.4 is 5.73 Å². The molecule has 0 fully saturated rings. The molecular formula is C7H9BrClNO. The summed E-state index contributed by atoms with van der Waals surface area (Å²) >= 11 is 3.17. The molecule has 0 aliphatic heterocycles. The summed E-state index contributed by atoms with van der Waals surface area (Å²) in [5, 5.41) is 0. The molecule has 62 valence electrons. The second-order valence-electron chi connectivity index (χ2n) is 1.90. The third-order valence-corrected chi connectivity index (χ3v) is 1.60. The quantitative estimate of drug-likeness (QED) is 0.805. The van der Waals surface area contributed by atoms with Crippen molar-refractivity contribution in [3.63, 3.8) is 0 Å². The molecule has 0 spiro atoms. The van der Waals surface area contributed by atoms with E-state index in [4.69, 9.17) is 10.2 Å². The minimum Gasteiger partial charge on any atom is -0.452 e. The number of furan rings is 1. The van der Waals surface area contributed by atoms with Crippen LogP contribution in [-0.2, 0) is 0 Å². The van der Waals surface area contributed by atoms with Crippen molar-refractivity contribution in [1.82, 2.24) is 0 Å². The highest BCUT2D eigenvalue weighted by Gasteiger charge is 2.04. The second kappa shape index (κ2) is 4.59. The molecule has 2 N–H and O–H groups in total. The first-order chi connectivity index (χ1) is 4.74. The van der Waals surface area contributed by atoms with E-state index in [1.54, 1.807) is 12.1 Å². The Morgan fingerprint density at radius 1 is 1.64 bits per heavy atom. The zero-order valence-corrected chi connectivity index (χ0v) is 8.19. The SMILES string of the molecule is C=C[C@H](N)c1ccc(Br)o1.Cl. The summed E-state index contributed by atoms with van der Waals surface area (Å²) in [6, 6.07) is 3.42. The molecule has 1 atom stereocenters. The van der Waals surface area contributed by atoms with Gasteiger partial charge in [0.15, 0.2) is 4.67 Å². The number of nitrogens with two attached hydrogens (primary N) is 1. The first kappa shape index (κ1) is 10.8. The highest BCUT2D eigenvalue weighted by molar-refractivity contribution is 9.10. The number of halogens is 2. The average Bonchev–Trinajstić information content (AvgIpc) is 2.34. The fourth-order valence-electron chi connectivity index (χ4n) is 0.624. The van der Waals surface area contributed by atoms with E-state index in [2.05, 4.69) is 22.5 Å². The van der Waals surface area contributed by atoms with Gasteiger partial charge in [-0.05, 0) is 28.1 Å². The van der Waals surface area contributed by atoms with Gasteiger partial charge in [0.1, 0.15) is 5.76 Å². The van der Waals surface area contributed by atoms with Gasteiger partial charge in [0.2, 0.25) is 0 Å². The molecule has 1 heterocycles. The van der Waals surface area contributed by atoms with Crippen LogP contribution in [0.2, 0.25) is 0 Å². The van der Waals surface area contributed by atoms with E-state index in [1.807, 2.05) is 6.07 Å². The Morgan fingerprint density at radius 2 is 2.27 bits per heavy atom. The lowest BCUT2D eigenvalue weighted by atomic mass is 10.2. The molecule has 0 unspecified atom stereocenters.